The molecule has 0 radical (unpaired) electrons. The summed E-state index contributed by atoms with van der Waals surface area (Å²) in [5.41, 5.74) is 2.11. The van der Waals surface area contributed by atoms with E-state index in [0.29, 0.717) is 31.1 Å². The van der Waals surface area contributed by atoms with Crippen molar-refractivity contribution in [2.24, 2.45) is 0 Å². The molecule has 0 N–H and O–H groups in total. The number of rotatable bonds is 10. The Hall–Kier alpha value is -2.44. The molecule has 0 saturated carbocycles. The van der Waals surface area contributed by atoms with Gasteiger partial charge in [0.25, 0.3) is 0 Å². The van der Waals surface area contributed by atoms with Crippen LogP contribution in [0, 0.1) is 22.7 Å². The topological polar surface area (TPSA) is 81.7 Å². The molecule has 2 rings (SSSR count). The van der Waals surface area contributed by atoms with Crippen LogP contribution in [0.25, 0.3) is 0 Å². The number of nitriles is 2. The van der Waals surface area contributed by atoms with E-state index in [2.05, 4.69) is 26.0 Å². The molecule has 0 aliphatic heterocycles. The summed E-state index contributed by atoms with van der Waals surface area (Å²) in [6.45, 7) is 4.16. The van der Waals surface area contributed by atoms with Gasteiger partial charge in [-0.25, -0.2) is 0 Å². The molecule has 5 heteroatoms. The van der Waals surface area contributed by atoms with Crippen molar-refractivity contribution in [3.63, 3.8) is 0 Å². The van der Waals surface area contributed by atoms with Crippen LogP contribution in [-0.4, -0.2) is 26.0 Å². The predicted octanol–water partition coefficient (Wildman–Crippen LogP) is 5.62. The normalized spacial score (nSPS) is 10.8. The van der Waals surface area contributed by atoms with Crippen LogP contribution in [0.1, 0.15) is 71.4 Å². The second kappa shape index (κ2) is 10.9. The van der Waals surface area contributed by atoms with Gasteiger partial charge in [-0.05, 0) is 0 Å². The van der Waals surface area contributed by atoms with Crippen molar-refractivity contribution in [1.29, 1.82) is 10.5 Å². The van der Waals surface area contributed by atoms with E-state index in [-0.39, 0.29) is 7.60 Å². The van der Waals surface area contributed by atoms with Crippen molar-refractivity contribution < 1.29 is 9.59 Å². The molecule has 0 heterocycles. The summed E-state index contributed by atoms with van der Waals surface area (Å²) in [6, 6.07) is 17.5. The van der Waals surface area contributed by atoms with E-state index in [4.69, 9.17) is 10.5 Å². The van der Waals surface area contributed by atoms with Crippen LogP contribution in [0.3, 0.4) is 0 Å². The molecule has 0 spiro atoms. The summed E-state index contributed by atoms with van der Waals surface area (Å²) in [4.78, 5) is 27.5. The number of hydrogen-bond donors (Lipinski definition) is 0. The summed E-state index contributed by atoms with van der Waals surface area (Å²) in [5.74, 6) is 0. The van der Waals surface area contributed by atoms with Gasteiger partial charge < -0.3 is 0 Å². The van der Waals surface area contributed by atoms with Gasteiger partial charge in [0.05, 0.1) is 0 Å². The molecule has 0 fully saturated rings. The summed E-state index contributed by atoms with van der Waals surface area (Å²) >= 11 is -3.99. The Morgan fingerprint density at radius 2 is 1.07 bits per heavy atom. The zero-order valence-electron chi connectivity index (χ0n) is 17.1. The first-order chi connectivity index (χ1) is 14.0. The summed E-state index contributed by atoms with van der Waals surface area (Å²) < 4.78 is 1.45. The molecule has 0 bridgehead atoms. The van der Waals surface area contributed by atoms with Crippen LogP contribution in [0.2, 0.25) is 8.87 Å². The van der Waals surface area contributed by atoms with Gasteiger partial charge in [-0.2, -0.15) is 0 Å². The van der Waals surface area contributed by atoms with Gasteiger partial charge >= 0.3 is 177 Å². The fourth-order valence-electron chi connectivity index (χ4n) is 3.58. The van der Waals surface area contributed by atoms with Crippen molar-refractivity contribution in [3.05, 3.63) is 70.8 Å². The van der Waals surface area contributed by atoms with Gasteiger partial charge in [-0.3, -0.25) is 0 Å². The number of benzene rings is 2. The van der Waals surface area contributed by atoms with Crippen LogP contribution in [0.4, 0.5) is 0 Å². The van der Waals surface area contributed by atoms with Gasteiger partial charge in [0.2, 0.25) is 0 Å². The molecule has 0 aromatic heterocycles. The quantitative estimate of drug-likeness (QED) is 0.403. The van der Waals surface area contributed by atoms with Crippen LogP contribution < -0.4 is 0 Å². The third kappa shape index (κ3) is 5.34. The Kier molecular flexibility index (Phi) is 8.61. The Morgan fingerprint density at radius 3 is 1.34 bits per heavy atom. The molecule has 148 valence electrons. The predicted molar refractivity (Wildman–Crippen MR) is 116 cm³/mol. The molecular formula is C24H26N2O2Sn. The number of carbonyl (C=O) groups excluding carboxylic acids is 2. The minimum absolute atomic E-state index is 0.0278. The van der Waals surface area contributed by atoms with Crippen molar-refractivity contribution in [3.8, 4) is 12.1 Å². The van der Waals surface area contributed by atoms with Gasteiger partial charge in [0.1, 0.15) is 0 Å². The molecule has 0 atom stereocenters. The van der Waals surface area contributed by atoms with Gasteiger partial charge in [0.15, 0.2) is 0 Å². The van der Waals surface area contributed by atoms with Crippen molar-refractivity contribution in [1.82, 2.24) is 0 Å². The molecule has 0 amide bonds. The van der Waals surface area contributed by atoms with Crippen molar-refractivity contribution in [2.45, 2.75) is 48.4 Å². The monoisotopic (exact) mass is 494 g/mol. The number of nitrogens with zero attached hydrogens (tertiary/aromatic N) is 2. The van der Waals surface area contributed by atoms with Crippen molar-refractivity contribution >= 4 is 26.0 Å². The van der Waals surface area contributed by atoms with Crippen LogP contribution in [0.5, 0.6) is 0 Å². The number of unbranched alkanes of at least 4 members (excludes halogenated alkanes) is 2. The number of carbonyl (C=O) groups is 2. The fourth-order valence-corrected chi connectivity index (χ4v) is 17.0. The first kappa shape index (κ1) is 22.8. The van der Waals surface area contributed by atoms with Gasteiger partial charge in [-0.15, -0.1) is 0 Å². The zero-order chi connectivity index (χ0) is 21.3. The van der Waals surface area contributed by atoms with Crippen LogP contribution in [-0.2, 0) is 0 Å². The third-order valence-corrected chi connectivity index (χ3v) is 18.8. The molecule has 2 aromatic carbocycles. The molecule has 29 heavy (non-hydrogen) atoms. The molecule has 0 aliphatic carbocycles. The van der Waals surface area contributed by atoms with E-state index >= 15 is 0 Å². The molecule has 0 unspecified atom stereocenters. The maximum absolute atomic E-state index is 13.8. The standard InChI is InChI=1S/2C8H4NO.2C4H9.Sn/c2*9-5-7-1-3-8(6-10)4-2-7;2*1-3-4-2;/h2*1-4H;2*1,3-4H2,2H3;. The Bertz CT molecular complexity index is 855. The van der Waals surface area contributed by atoms with Gasteiger partial charge in [0, 0.05) is 0 Å². The second-order valence-corrected chi connectivity index (χ2v) is 18.9. The maximum atomic E-state index is 13.8. The first-order valence-electron chi connectivity index (χ1n) is 10.1. The SMILES string of the molecule is CCC[CH2][Sn]([CH2]CCC)([C](=O)c1ccc(C#N)cc1)[C](=O)c1ccc(C#N)cc1. The van der Waals surface area contributed by atoms with Crippen LogP contribution >= 0.6 is 0 Å². The van der Waals surface area contributed by atoms with E-state index in [9.17, 15) is 9.59 Å². The van der Waals surface area contributed by atoms with Crippen molar-refractivity contribution in [2.75, 3.05) is 0 Å². The first-order valence-corrected chi connectivity index (χ1v) is 17.0. The molecule has 2 aromatic rings. The van der Waals surface area contributed by atoms with Gasteiger partial charge in [-0.1, -0.05) is 0 Å². The molecule has 4 nitrogen and oxygen atoms in total. The van der Waals surface area contributed by atoms with Crippen LogP contribution in [0.15, 0.2) is 48.5 Å². The van der Waals surface area contributed by atoms with E-state index < -0.39 is 18.4 Å². The number of hydrogen-bond acceptors (Lipinski definition) is 4. The summed E-state index contributed by atoms with van der Waals surface area (Å²) in [6.07, 6.45) is 3.60. The Labute approximate surface area is 177 Å². The van der Waals surface area contributed by atoms with E-state index in [1.54, 1.807) is 48.5 Å². The summed E-state index contributed by atoms with van der Waals surface area (Å²) in [5, 5.41) is 18.1. The minimum atomic E-state index is -3.99. The summed E-state index contributed by atoms with van der Waals surface area (Å²) in [7, 11) is 0. The average Bonchev–Trinajstić information content (AvgIpc) is 2.78. The van der Waals surface area contributed by atoms with E-state index in [0.717, 1.165) is 25.7 Å². The second-order valence-electron chi connectivity index (χ2n) is 7.33. The van der Waals surface area contributed by atoms with E-state index in [1.165, 1.54) is 0 Å². The average molecular weight is 493 g/mol. The molecule has 0 saturated heterocycles. The third-order valence-electron chi connectivity index (χ3n) is 5.34. The zero-order valence-corrected chi connectivity index (χ0v) is 19.9. The fraction of sp³-hybridized carbons (Fsp3) is 0.333. The van der Waals surface area contributed by atoms with E-state index in [1.807, 2.05) is 0 Å². The molecule has 0 aliphatic rings. The molecular weight excluding hydrogens is 467 g/mol. The Morgan fingerprint density at radius 1 is 0.724 bits per heavy atom. The Balaban J connectivity index is 2.54.